The number of hydrogen-bond acceptors (Lipinski definition) is 4. The molecule has 1 rings (SSSR count). The molecule has 0 aliphatic rings. The van der Waals surface area contributed by atoms with E-state index in [1.165, 1.54) is 11.9 Å². The number of rotatable bonds is 13. The van der Waals surface area contributed by atoms with Crippen molar-refractivity contribution in [3.63, 3.8) is 0 Å². The first kappa shape index (κ1) is 26.0. The molecule has 0 fully saturated rings. The largest absolute Gasteiger partial charge is 0.491 e. The fraction of sp³-hybridized carbons (Fsp3) is 0.667. The van der Waals surface area contributed by atoms with E-state index < -0.39 is 12.7 Å². The van der Waals surface area contributed by atoms with E-state index in [1.54, 1.807) is 0 Å². The first-order valence-electron chi connectivity index (χ1n) is 10.3. The summed E-state index contributed by atoms with van der Waals surface area (Å²) in [6.07, 6.45) is -3.59. The van der Waals surface area contributed by atoms with Gasteiger partial charge < -0.3 is 20.1 Å². The van der Waals surface area contributed by atoms with Crippen molar-refractivity contribution in [1.29, 1.82) is 0 Å². The molecular formula is C21H35F3N4O2. The molecule has 9 heteroatoms. The van der Waals surface area contributed by atoms with Crippen LogP contribution < -0.4 is 15.4 Å². The summed E-state index contributed by atoms with van der Waals surface area (Å²) in [6.45, 7) is 8.64. The molecule has 0 atom stereocenters. The molecule has 2 N–H and O–H groups in total. The Kier molecular flexibility index (Phi) is 12.2. The predicted molar refractivity (Wildman–Crippen MR) is 114 cm³/mol. The highest BCUT2D eigenvalue weighted by molar-refractivity contribution is 5.79. The quantitative estimate of drug-likeness (QED) is 0.284. The zero-order valence-corrected chi connectivity index (χ0v) is 18.4. The summed E-state index contributed by atoms with van der Waals surface area (Å²) in [7, 11) is 1.47. The lowest BCUT2D eigenvalue weighted by Crippen LogP contribution is -2.39. The number of ether oxygens (including phenoxy) is 2. The molecule has 0 saturated carbocycles. The number of alkyl halides is 3. The van der Waals surface area contributed by atoms with E-state index in [9.17, 15) is 13.2 Å². The van der Waals surface area contributed by atoms with Gasteiger partial charge in [-0.15, -0.1) is 0 Å². The van der Waals surface area contributed by atoms with E-state index in [1.807, 2.05) is 39.0 Å². The number of halogens is 3. The number of aliphatic imine (C=N–C) groups is 1. The van der Waals surface area contributed by atoms with Crippen molar-refractivity contribution in [2.75, 3.05) is 53.0 Å². The molecular weight excluding hydrogens is 397 g/mol. The Morgan fingerprint density at radius 2 is 1.93 bits per heavy atom. The van der Waals surface area contributed by atoms with Crippen LogP contribution in [0.5, 0.6) is 5.75 Å². The van der Waals surface area contributed by atoms with Gasteiger partial charge in [0.25, 0.3) is 0 Å². The third-order valence-corrected chi connectivity index (χ3v) is 4.12. The van der Waals surface area contributed by atoms with Crippen molar-refractivity contribution in [3.8, 4) is 5.75 Å². The minimum absolute atomic E-state index is 0.349. The monoisotopic (exact) mass is 432 g/mol. The molecule has 0 heterocycles. The Balaban J connectivity index is 2.59. The molecule has 0 aliphatic heterocycles. The Hall–Kier alpha value is -2.00. The summed E-state index contributed by atoms with van der Waals surface area (Å²) >= 11 is 0. The molecule has 0 aromatic heterocycles. The SMILES string of the molecule is CCNC(=NCc1ccc(C)cc1OCCOCC)NCCCN(C)CC(F)(F)F. The maximum absolute atomic E-state index is 12.4. The van der Waals surface area contributed by atoms with E-state index in [-0.39, 0.29) is 0 Å². The van der Waals surface area contributed by atoms with Crippen LogP contribution in [0.2, 0.25) is 0 Å². The third kappa shape index (κ3) is 11.9. The molecule has 0 aliphatic carbocycles. The highest BCUT2D eigenvalue weighted by atomic mass is 19.4. The minimum atomic E-state index is -4.17. The summed E-state index contributed by atoms with van der Waals surface area (Å²) < 4.78 is 48.3. The van der Waals surface area contributed by atoms with Gasteiger partial charge in [0.05, 0.1) is 19.7 Å². The second-order valence-electron chi connectivity index (χ2n) is 6.99. The first-order valence-corrected chi connectivity index (χ1v) is 10.3. The minimum Gasteiger partial charge on any atom is -0.491 e. The predicted octanol–water partition coefficient (Wildman–Crippen LogP) is 3.35. The van der Waals surface area contributed by atoms with E-state index in [0.717, 1.165) is 16.9 Å². The maximum Gasteiger partial charge on any atom is 0.401 e. The van der Waals surface area contributed by atoms with E-state index >= 15 is 0 Å². The average molecular weight is 433 g/mol. The van der Waals surface area contributed by atoms with E-state index in [4.69, 9.17) is 9.47 Å². The van der Waals surface area contributed by atoms with Gasteiger partial charge in [-0.1, -0.05) is 12.1 Å². The molecule has 0 amide bonds. The van der Waals surface area contributed by atoms with Gasteiger partial charge in [0, 0.05) is 25.3 Å². The van der Waals surface area contributed by atoms with Gasteiger partial charge >= 0.3 is 6.18 Å². The highest BCUT2D eigenvalue weighted by Crippen LogP contribution is 2.21. The third-order valence-electron chi connectivity index (χ3n) is 4.12. The van der Waals surface area contributed by atoms with Gasteiger partial charge in [-0.3, -0.25) is 4.90 Å². The van der Waals surface area contributed by atoms with Gasteiger partial charge in [0.2, 0.25) is 0 Å². The maximum atomic E-state index is 12.4. The van der Waals surface area contributed by atoms with Crippen LogP contribution in [-0.2, 0) is 11.3 Å². The lowest BCUT2D eigenvalue weighted by molar-refractivity contribution is -0.143. The molecule has 1 aromatic carbocycles. The Morgan fingerprint density at radius 3 is 2.60 bits per heavy atom. The molecule has 172 valence electrons. The number of guanidine groups is 1. The zero-order valence-electron chi connectivity index (χ0n) is 18.4. The summed E-state index contributed by atoms with van der Waals surface area (Å²) in [6, 6.07) is 5.98. The Morgan fingerprint density at radius 1 is 1.17 bits per heavy atom. The van der Waals surface area contributed by atoms with Gasteiger partial charge in [0.1, 0.15) is 12.4 Å². The molecule has 0 bridgehead atoms. The fourth-order valence-electron chi connectivity index (χ4n) is 2.73. The summed E-state index contributed by atoms with van der Waals surface area (Å²) in [5.74, 6) is 1.40. The number of aryl methyl sites for hydroxylation is 1. The van der Waals surface area contributed by atoms with Crippen molar-refractivity contribution >= 4 is 5.96 Å². The molecule has 6 nitrogen and oxygen atoms in total. The van der Waals surface area contributed by atoms with Gasteiger partial charge in [-0.2, -0.15) is 13.2 Å². The number of hydrogen-bond donors (Lipinski definition) is 2. The highest BCUT2D eigenvalue weighted by Gasteiger charge is 2.28. The van der Waals surface area contributed by atoms with Crippen molar-refractivity contribution in [2.24, 2.45) is 4.99 Å². The number of nitrogens with zero attached hydrogens (tertiary/aromatic N) is 2. The first-order chi connectivity index (χ1) is 14.2. The van der Waals surface area contributed by atoms with Crippen molar-refractivity contribution in [1.82, 2.24) is 15.5 Å². The molecule has 0 spiro atoms. The van der Waals surface area contributed by atoms with E-state index in [0.29, 0.717) is 58.4 Å². The van der Waals surface area contributed by atoms with Crippen LogP contribution in [0.15, 0.2) is 23.2 Å². The average Bonchev–Trinajstić information content (AvgIpc) is 2.66. The van der Waals surface area contributed by atoms with Crippen LogP contribution in [0.25, 0.3) is 0 Å². The van der Waals surface area contributed by atoms with Crippen molar-refractivity contribution < 1.29 is 22.6 Å². The van der Waals surface area contributed by atoms with Crippen LogP contribution in [0.4, 0.5) is 13.2 Å². The Labute approximate surface area is 177 Å². The van der Waals surface area contributed by atoms with Crippen molar-refractivity contribution in [2.45, 2.75) is 39.9 Å². The number of benzene rings is 1. The van der Waals surface area contributed by atoms with Crippen LogP contribution in [0.3, 0.4) is 0 Å². The Bertz CT molecular complexity index is 639. The topological polar surface area (TPSA) is 58.1 Å². The van der Waals surface area contributed by atoms with Gasteiger partial charge in [-0.25, -0.2) is 4.99 Å². The lowest BCUT2D eigenvalue weighted by atomic mass is 10.1. The molecule has 0 radical (unpaired) electrons. The van der Waals surface area contributed by atoms with Gasteiger partial charge in [0.15, 0.2) is 5.96 Å². The molecule has 0 saturated heterocycles. The van der Waals surface area contributed by atoms with Crippen LogP contribution >= 0.6 is 0 Å². The smallest absolute Gasteiger partial charge is 0.401 e. The zero-order chi connectivity index (χ0) is 22.4. The fourth-order valence-corrected chi connectivity index (χ4v) is 2.73. The summed E-state index contributed by atoms with van der Waals surface area (Å²) in [5.41, 5.74) is 2.06. The van der Waals surface area contributed by atoms with Crippen LogP contribution in [0.1, 0.15) is 31.4 Å². The standard InChI is InChI=1S/C21H35F3N4O2/c1-5-25-20(26-10-7-11-28(4)16-21(22,23)24)27-15-18-9-8-17(3)14-19(18)30-13-12-29-6-2/h8-9,14H,5-7,10-13,15-16H2,1-4H3,(H2,25,26,27). The second-order valence-corrected chi connectivity index (χ2v) is 6.99. The van der Waals surface area contributed by atoms with Crippen LogP contribution in [0, 0.1) is 6.92 Å². The summed E-state index contributed by atoms with van der Waals surface area (Å²) in [5, 5.41) is 6.32. The van der Waals surface area contributed by atoms with Crippen molar-refractivity contribution in [3.05, 3.63) is 29.3 Å². The normalized spacial score (nSPS) is 12.3. The molecule has 0 unspecified atom stereocenters. The molecule has 1 aromatic rings. The van der Waals surface area contributed by atoms with E-state index in [2.05, 4.69) is 15.6 Å². The summed E-state index contributed by atoms with van der Waals surface area (Å²) in [4.78, 5) is 5.85. The molecule has 30 heavy (non-hydrogen) atoms. The lowest BCUT2D eigenvalue weighted by Gasteiger charge is -2.19. The number of nitrogens with one attached hydrogen (secondary N) is 2. The van der Waals surface area contributed by atoms with Crippen LogP contribution in [-0.4, -0.2) is 70.1 Å². The second kappa shape index (κ2) is 14.1. The van der Waals surface area contributed by atoms with Gasteiger partial charge in [-0.05, 0) is 52.4 Å².